The van der Waals surface area contributed by atoms with Crippen LogP contribution in [0.1, 0.15) is 36.3 Å². The van der Waals surface area contributed by atoms with Gasteiger partial charge in [0, 0.05) is 44.8 Å². The van der Waals surface area contributed by atoms with Gasteiger partial charge in [-0.3, -0.25) is 0 Å². The third-order valence-electron chi connectivity index (χ3n) is 12.0. The van der Waals surface area contributed by atoms with E-state index in [1.54, 1.807) is 0 Å². The van der Waals surface area contributed by atoms with E-state index >= 15 is 0 Å². The van der Waals surface area contributed by atoms with Gasteiger partial charge in [-0.1, -0.05) is 176 Å². The predicted molar refractivity (Wildman–Crippen MR) is 245 cm³/mol. The van der Waals surface area contributed by atoms with Crippen LogP contribution in [0, 0.1) is 0 Å². The van der Waals surface area contributed by atoms with Crippen molar-refractivity contribution in [3.8, 4) is 22.3 Å². The van der Waals surface area contributed by atoms with Crippen LogP contribution < -0.4 is 4.90 Å². The van der Waals surface area contributed by atoms with Crippen LogP contribution in [0.4, 0.5) is 5.69 Å². The summed E-state index contributed by atoms with van der Waals surface area (Å²) >= 11 is 0. The van der Waals surface area contributed by atoms with E-state index in [0.717, 1.165) is 46.8 Å². The van der Waals surface area contributed by atoms with Crippen molar-refractivity contribution in [2.45, 2.75) is 25.2 Å². The van der Waals surface area contributed by atoms with Gasteiger partial charge in [0.05, 0.1) is 5.69 Å². The van der Waals surface area contributed by atoms with Crippen molar-refractivity contribution in [2.24, 2.45) is 0 Å². The van der Waals surface area contributed by atoms with Crippen LogP contribution in [0.3, 0.4) is 0 Å². The molecule has 0 saturated heterocycles. The maximum Gasteiger partial charge on any atom is 0.143 e. The highest BCUT2D eigenvalue weighted by molar-refractivity contribution is 6.13. The number of fused-ring (bicyclic) bond motifs is 5. The molecule has 0 amide bonds. The van der Waals surface area contributed by atoms with Crippen LogP contribution in [0.15, 0.2) is 222 Å². The highest BCUT2D eigenvalue weighted by atomic mass is 16.3. The van der Waals surface area contributed by atoms with Crippen LogP contribution in [-0.2, 0) is 0 Å². The van der Waals surface area contributed by atoms with E-state index < -0.39 is 0 Å². The number of anilines is 1. The fourth-order valence-corrected chi connectivity index (χ4v) is 9.14. The summed E-state index contributed by atoms with van der Waals surface area (Å²) in [7, 11) is 0. The molecule has 0 aliphatic heterocycles. The molecule has 0 saturated carbocycles. The molecule has 0 fully saturated rings. The molecular formula is C56H41NO. The Morgan fingerprint density at radius 2 is 1.22 bits per heavy atom. The monoisotopic (exact) mass is 743 g/mol. The van der Waals surface area contributed by atoms with Gasteiger partial charge in [0.25, 0.3) is 0 Å². The molecule has 2 aliphatic carbocycles. The fourth-order valence-electron chi connectivity index (χ4n) is 9.14. The van der Waals surface area contributed by atoms with Crippen LogP contribution >= 0.6 is 0 Å². The van der Waals surface area contributed by atoms with Gasteiger partial charge in [0.1, 0.15) is 11.2 Å². The lowest BCUT2D eigenvalue weighted by Crippen LogP contribution is -2.25. The Balaban J connectivity index is 1.03. The maximum atomic E-state index is 6.83. The number of rotatable bonds is 7. The number of para-hydroxylation sites is 2. The molecule has 2 aliphatic rings. The average Bonchev–Trinajstić information content (AvgIpc) is 3.66. The number of nitrogens with zero attached hydrogens (tertiary/aromatic N) is 1. The van der Waals surface area contributed by atoms with Crippen molar-refractivity contribution < 1.29 is 4.42 Å². The molecule has 0 radical (unpaired) electrons. The van der Waals surface area contributed by atoms with Crippen molar-refractivity contribution >= 4 is 54.7 Å². The number of hydrogen-bond acceptors (Lipinski definition) is 2. The lowest BCUT2D eigenvalue weighted by Gasteiger charge is -2.35. The SMILES string of the molecule is C1=CC(c2cccc3c2oc2cc4ccccc4cc23)=C(N(C2=CCC(c3cccc(-c4ccc5ccccc5c4)c3)C=C2)c2ccccc2-c2ccccc2)CC1. The number of furan rings is 1. The van der Waals surface area contributed by atoms with E-state index in [-0.39, 0.29) is 5.92 Å². The first kappa shape index (κ1) is 34.1. The van der Waals surface area contributed by atoms with Crippen LogP contribution in [0.2, 0.25) is 0 Å². The lowest BCUT2D eigenvalue weighted by molar-refractivity contribution is 0.668. The molecule has 1 unspecified atom stereocenters. The minimum absolute atomic E-state index is 0.273. The van der Waals surface area contributed by atoms with Gasteiger partial charge in [0.15, 0.2) is 0 Å². The highest BCUT2D eigenvalue weighted by Crippen LogP contribution is 2.45. The molecule has 58 heavy (non-hydrogen) atoms. The normalized spacial score (nSPS) is 15.4. The first-order valence-corrected chi connectivity index (χ1v) is 20.4. The van der Waals surface area contributed by atoms with E-state index in [1.807, 2.05) is 0 Å². The lowest BCUT2D eigenvalue weighted by atomic mass is 9.88. The predicted octanol–water partition coefficient (Wildman–Crippen LogP) is 15.4. The molecule has 0 N–H and O–H groups in total. The molecule has 2 heteroatoms. The topological polar surface area (TPSA) is 16.4 Å². The van der Waals surface area contributed by atoms with Crippen molar-refractivity contribution in [3.63, 3.8) is 0 Å². The molecule has 9 aromatic rings. The van der Waals surface area contributed by atoms with Crippen molar-refractivity contribution in [1.29, 1.82) is 0 Å². The Labute approximate surface area is 339 Å². The third kappa shape index (κ3) is 6.06. The summed E-state index contributed by atoms with van der Waals surface area (Å²) in [5.74, 6) is 0.273. The molecule has 0 bridgehead atoms. The zero-order valence-electron chi connectivity index (χ0n) is 32.2. The smallest absolute Gasteiger partial charge is 0.143 e. The molecule has 276 valence electrons. The molecule has 1 atom stereocenters. The van der Waals surface area contributed by atoms with E-state index in [2.05, 4.69) is 211 Å². The maximum absolute atomic E-state index is 6.83. The van der Waals surface area contributed by atoms with Crippen LogP contribution in [-0.4, -0.2) is 0 Å². The highest BCUT2D eigenvalue weighted by Gasteiger charge is 2.27. The van der Waals surface area contributed by atoms with Crippen LogP contribution in [0.5, 0.6) is 0 Å². The summed E-state index contributed by atoms with van der Waals surface area (Å²) in [5.41, 5.74) is 14.0. The molecule has 2 nitrogen and oxygen atoms in total. The quantitative estimate of drug-likeness (QED) is 0.162. The number of benzene rings is 8. The third-order valence-corrected chi connectivity index (χ3v) is 12.0. The van der Waals surface area contributed by atoms with Crippen LogP contribution in [0.25, 0.3) is 71.3 Å². The largest absolute Gasteiger partial charge is 0.455 e. The van der Waals surface area contributed by atoms with Gasteiger partial charge in [-0.05, 0) is 93.4 Å². The van der Waals surface area contributed by atoms with E-state index in [9.17, 15) is 0 Å². The Hall–Kier alpha value is -7.16. The fraction of sp³-hybridized carbons (Fsp3) is 0.0714. The summed E-state index contributed by atoms with van der Waals surface area (Å²) in [6.45, 7) is 0. The number of hydrogen-bond donors (Lipinski definition) is 0. The molecule has 1 heterocycles. The average molecular weight is 744 g/mol. The summed E-state index contributed by atoms with van der Waals surface area (Å²) < 4.78 is 6.83. The Morgan fingerprint density at radius 1 is 0.517 bits per heavy atom. The Bertz CT molecular complexity index is 3160. The van der Waals surface area contributed by atoms with Gasteiger partial charge in [-0.25, -0.2) is 0 Å². The molecular weight excluding hydrogens is 703 g/mol. The molecule has 11 rings (SSSR count). The van der Waals surface area contributed by atoms with Gasteiger partial charge in [-0.2, -0.15) is 0 Å². The summed E-state index contributed by atoms with van der Waals surface area (Å²) in [6.07, 6.45) is 14.6. The molecule has 1 aromatic heterocycles. The molecule has 8 aromatic carbocycles. The minimum atomic E-state index is 0.273. The second kappa shape index (κ2) is 14.4. The zero-order valence-corrected chi connectivity index (χ0v) is 32.2. The van der Waals surface area contributed by atoms with Crippen molar-refractivity contribution in [1.82, 2.24) is 0 Å². The van der Waals surface area contributed by atoms with Crippen molar-refractivity contribution in [2.75, 3.05) is 4.90 Å². The Kier molecular flexibility index (Phi) is 8.47. The summed E-state index contributed by atoms with van der Waals surface area (Å²) in [5, 5.41) is 7.24. The minimum Gasteiger partial charge on any atom is -0.455 e. The standard InChI is InChI=1S/C56H41NO/c1-2-15-40(16-3-1)48-22-8-10-26-53(48)57(47-32-30-39(31-33-47)42-20-12-21-43(34-42)46-29-28-38-14-4-5-17-41(38)35-46)54-27-11-9-23-49(54)50-24-13-25-51-52-36-44-18-6-7-19-45(44)37-55(52)58-56(50)51/h1-10,12-26,28-30,32-37,39H,11,27,31H2. The zero-order chi connectivity index (χ0) is 38.4. The van der Waals surface area contributed by atoms with Crippen molar-refractivity contribution in [3.05, 3.63) is 229 Å². The van der Waals surface area contributed by atoms with Gasteiger partial charge >= 0.3 is 0 Å². The van der Waals surface area contributed by atoms with Gasteiger partial charge < -0.3 is 9.32 Å². The summed E-state index contributed by atoms with van der Waals surface area (Å²) in [4.78, 5) is 2.54. The second-order valence-corrected chi connectivity index (χ2v) is 15.5. The number of allylic oxidation sites excluding steroid dienone is 7. The summed E-state index contributed by atoms with van der Waals surface area (Å²) in [6, 6.07) is 63.8. The first-order chi connectivity index (χ1) is 28.7. The van der Waals surface area contributed by atoms with E-state index in [0.29, 0.717) is 0 Å². The van der Waals surface area contributed by atoms with Gasteiger partial charge in [0.2, 0.25) is 0 Å². The first-order valence-electron chi connectivity index (χ1n) is 20.4. The molecule has 0 spiro atoms. The van der Waals surface area contributed by atoms with E-state index in [1.165, 1.54) is 72.0 Å². The van der Waals surface area contributed by atoms with Gasteiger partial charge in [-0.15, -0.1) is 0 Å². The Morgan fingerprint density at radius 3 is 2.07 bits per heavy atom. The second-order valence-electron chi connectivity index (χ2n) is 15.5. The van der Waals surface area contributed by atoms with E-state index in [4.69, 9.17) is 4.42 Å².